The average Bonchev–Trinajstić information content (AvgIpc) is 2.51. The molecule has 0 radical (unpaired) electrons. The third kappa shape index (κ3) is 5.64. The quantitative estimate of drug-likeness (QED) is 0.592. The lowest BCUT2D eigenvalue weighted by Crippen LogP contribution is -2.24. The predicted molar refractivity (Wildman–Crippen MR) is 93.8 cm³/mol. The number of halogens is 4. The van der Waals surface area contributed by atoms with Gasteiger partial charge in [-0.1, -0.05) is 26.8 Å². The molecule has 0 aliphatic heterocycles. The van der Waals surface area contributed by atoms with Gasteiger partial charge in [-0.05, 0) is 36.0 Å². The number of H-pyrrole nitrogens is 1. The van der Waals surface area contributed by atoms with E-state index in [2.05, 4.69) is 14.7 Å². The number of aromatic amines is 1. The van der Waals surface area contributed by atoms with E-state index in [0.717, 1.165) is 18.2 Å². The first-order valence-corrected chi connectivity index (χ1v) is 8.42. The van der Waals surface area contributed by atoms with Gasteiger partial charge in [0.2, 0.25) is 0 Å². The van der Waals surface area contributed by atoms with Crippen molar-refractivity contribution in [2.24, 2.45) is 5.41 Å². The maximum absolute atomic E-state index is 14.1. The van der Waals surface area contributed by atoms with E-state index in [0.29, 0.717) is 5.56 Å². The van der Waals surface area contributed by atoms with Crippen molar-refractivity contribution in [2.45, 2.75) is 46.4 Å². The van der Waals surface area contributed by atoms with Crippen molar-refractivity contribution in [2.75, 3.05) is 0 Å². The number of carbonyl (C=O) groups excluding carboxylic acids is 1. The second kappa shape index (κ2) is 7.73. The van der Waals surface area contributed by atoms with Crippen LogP contribution in [-0.2, 0) is 0 Å². The molecule has 1 aromatic carbocycles. The monoisotopic (exact) mass is 400 g/mol. The summed E-state index contributed by atoms with van der Waals surface area (Å²) in [5, 5.41) is 0. The molecule has 5 nitrogen and oxygen atoms in total. The van der Waals surface area contributed by atoms with Crippen LogP contribution in [0.4, 0.5) is 17.6 Å². The molecule has 0 saturated carbocycles. The van der Waals surface area contributed by atoms with Crippen LogP contribution in [-0.4, -0.2) is 22.1 Å². The van der Waals surface area contributed by atoms with Crippen molar-refractivity contribution in [1.29, 1.82) is 0 Å². The number of carbonyl (C=O) groups is 1. The van der Waals surface area contributed by atoms with Crippen LogP contribution in [0.2, 0.25) is 0 Å². The van der Waals surface area contributed by atoms with Crippen LogP contribution < -0.4 is 10.3 Å². The minimum Gasteiger partial charge on any atom is -0.403 e. The fourth-order valence-electron chi connectivity index (χ4n) is 2.88. The lowest BCUT2D eigenvalue weighted by Gasteiger charge is -2.31. The first-order valence-electron chi connectivity index (χ1n) is 8.42. The molecule has 2 rings (SSSR count). The van der Waals surface area contributed by atoms with Gasteiger partial charge >= 0.3 is 6.36 Å². The molecule has 28 heavy (non-hydrogen) atoms. The molecular weight excluding hydrogens is 380 g/mol. The van der Waals surface area contributed by atoms with Crippen molar-refractivity contribution >= 4 is 5.78 Å². The molecular formula is C19H20F4N2O3. The van der Waals surface area contributed by atoms with Crippen LogP contribution in [0.3, 0.4) is 0 Å². The highest BCUT2D eigenvalue weighted by atomic mass is 19.4. The molecule has 0 saturated heterocycles. The number of aromatic nitrogens is 2. The van der Waals surface area contributed by atoms with E-state index in [-0.39, 0.29) is 17.9 Å². The Balaban J connectivity index is 2.35. The number of ether oxygens (including phenoxy) is 1. The SMILES string of the molecule is Cc1nc(C(=O)C[C@@H](c2ccc(OC(F)(F)F)c(F)c2)C(C)(C)C)cc(=O)[nH]1. The van der Waals surface area contributed by atoms with Gasteiger partial charge in [-0.15, -0.1) is 13.2 Å². The number of Topliss-reactive ketones (excluding diaryl/α,β-unsaturated/α-hetero) is 1. The molecule has 1 N–H and O–H groups in total. The Morgan fingerprint density at radius 1 is 1.21 bits per heavy atom. The summed E-state index contributed by atoms with van der Waals surface area (Å²) in [5.41, 5.74) is -0.671. The first kappa shape index (κ1) is 21.6. The number of aryl methyl sites for hydroxylation is 1. The fraction of sp³-hybridized carbons (Fsp3) is 0.421. The normalized spacial score (nSPS) is 13.3. The molecule has 152 valence electrons. The van der Waals surface area contributed by atoms with Crippen LogP contribution in [0.25, 0.3) is 0 Å². The standard InChI is InChI=1S/C19H20F4N2O3/c1-10-24-14(9-17(27)25-10)15(26)8-12(18(2,3)4)11-5-6-16(13(20)7-11)28-19(21,22)23/h5-7,9,12H,8H2,1-4H3,(H,24,25,27)/t12-/m0/s1. The van der Waals surface area contributed by atoms with Crippen LogP contribution >= 0.6 is 0 Å². The number of hydrogen-bond donors (Lipinski definition) is 1. The Labute approximate surface area is 158 Å². The third-order valence-corrected chi connectivity index (χ3v) is 4.16. The summed E-state index contributed by atoms with van der Waals surface area (Å²) in [5.74, 6) is -2.80. The fourth-order valence-corrected chi connectivity index (χ4v) is 2.88. The average molecular weight is 400 g/mol. The summed E-state index contributed by atoms with van der Waals surface area (Å²) in [6.45, 7) is 6.99. The number of benzene rings is 1. The van der Waals surface area contributed by atoms with Crippen LogP contribution in [0, 0.1) is 18.2 Å². The highest BCUT2D eigenvalue weighted by Gasteiger charge is 2.34. The van der Waals surface area contributed by atoms with Gasteiger partial charge in [0.25, 0.3) is 5.56 Å². The minimum atomic E-state index is -5.01. The van der Waals surface area contributed by atoms with Crippen molar-refractivity contribution in [3.63, 3.8) is 0 Å². The molecule has 9 heteroatoms. The molecule has 0 fully saturated rings. The Kier molecular flexibility index (Phi) is 5.96. The molecule has 0 spiro atoms. The van der Waals surface area contributed by atoms with Gasteiger partial charge in [0, 0.05) is 12.5 Å². The van der Waals surface area contributed by atoms with Gasteiger partial charge in [0.05, 0.1) is 0 Å². The van der Waals surface area contributed by atoms with Gasteiger partial charge in [-0.25, -0.2) is 9.37 Å². The third-order valence-electron chi connectivity index (χ3n) is 4.16. The number of nitrogens with zero attached hydrogens (tertiary/aromatic N) is 1. The second-order valence-corrected chi connectivity index (χ2v) is 7.50. The molecule has 2 aromatic rings. The van der Waals surface area contributed by atoms with Crippen molar-refractivity contribution in [3.05, 3.63) is 57.5 Å². The summed E-state index contributed by atoms with van der Waals surface area (Å²) in [6, 6.07) is 4.19. The number of hydrogen-bond acceptors (Lipinski definition) is 4. The topological polar surface area (TPSA) is 72.0 Å². The van der Waals surface area contributed by atoms with E-state index in [1.54, 1.807) is 0 Å². The molecule has 1 atom stereocenters. The molecule has 1 aromatic heterocycles. The molecule has 0 bridgehead atoms. The Hall–Kier alpha value is -2.71. The van der Waals surface area contributed by atoms with Gasteiger partial charge in [-0.3, -0.25) is 9.59 Å². The summed E-state index contributed by atoms with van der Waals surface area (Å²) in [4.78, 5) is 30.6. The smallest absolute Gasteiger partial charge is 0.403 e. The van der Waals surface area contributed by atoms with E-state index in [1.807, 2.05) is 20.8 Å². The van der Waals surface area contributed by atoms with Gasteiger partial charge in [-0.2, -0.15) is 0 Å². The maximum Gasteiger partial charge on any atom is 0.573 e. The lowest BCUT2D eigenvalue weighted by molar-refractivity contribution is -0.275. The van der Waals surface area contributed by atoms with E-state index >= 15 is 0 Å². The van der Waals surface area contributed by atoms with Gasteiger partial charge in [0.1, 0.15) is 11.5 Å². The molecule has 0 unspecified atom stereocenters. The van der Waals surface area contributed by atoms with E-state index in [9.17, 15) is 27.2 Å². The summed E-state index contributed by atoms with van der Waals surface area (Å²) < 4.78 is 54.7. The summed E-state index contributed by atoms with van der Waals surface area (Å²) in [7, 11) is 0. The van der Waals surface area contributed by atoms with Gasteiger partial charge in [0.15, 0.2) is 17.3 Å². The van der Waals surface area contributed by atoms with E-state index in [4.69, 9.17) is 0 Å². The first-order chi connectivity index (χ1) is 12.8. The largest absolute Gasteiger partial charge is 0.573 e. The number of rotatable bonds is 5. The number of alkyl halides is 3. The second-order valence-electron chi connectivity index (χ2n) is 7.50. The van der Waals surface area contributed by atoms with Gasteiger partial charge < -0.3 is 9.72 Å². The number of ketones is 1. The minimum absolute atomic E-state index is 0.0204. The van der Waals surface area contributed by atoms with Crippen LogP contribution in [0.1, 0.15) is 55.0 Å². The highest BCUT2D eigenvalue weighted by Crippen LogP contribution is 2.40. The van der Waals surface area contributed by atoms with Crippen molar-refractivity contribution in [3.8, 4) is 5.75 Å². The molecule has 1 heterocycles. The Bertz CT molecular complexity index is 930. The highest BCUT2D eigenvalue weighted by molar-refractivity contribution is 5.94. The van der Waals surface area contributed by atoms with Crippen molar-refractivity contribution in [1.82, 2.24) is 9.97 Å². The summed E-state index contributed by atoms with van der Waals surface area (Å²) in [6.07, 6.45) is -5.11. The molecule has 0 aliphatic rings. The Morgan fingerprint density at radius 2 is 1.86 bits per heavy atom. The zero-order valence-corrected chi connectivity index (χ0v) is 15.8. The molecule has 0 aliphatic carbocycles. The zero-order chi connectivity index (χ0) is 21.3. The number of nitrogens with one attached hydrogen (secondary N) is 1. The van der Waals surface area contributed by atoms with E-state index < -0.39 is 40.6 Å². The van der Waals surface area contributed by atoms with Crippen LogP contribution in [0.5, 0.6) is 5.75 Å². The zero-order valence-electron chi connectivity index (χ0n) is 15.8. The van der Waals surface area contributed by atoms with E-state index in [1.165, 1.54) is 13.0 Å². The molecule has 0 amide bonds. The Morgan fingerprint density at radius 3 is 2.36 bits per heavy atom. The lowest BCUT2D eigenvalue weighted by atomic mass is 9.73. The van der Waals surface area contributed by atoms with Crippen molar-refractivity contribution < 1.29 is 27.1 Å². The summed E-state index contributed by atoms with van der Waals surface area (Å²) >= 11 is 0. The maximum atomic E-state index is 14.1. The van der Waals surface area contributed by atoms with Crippen LogP contribution in [0.15, 0.2) is 29.1 Å². The predicted octanol–water partition coefficient (Wildman–Crippen LogP) is 4.52.